The van der Waals surface area contributed by atoms with Crippen molar-refractivity contribution in [3.8, 4) is 11.1 Å². The molecule has 1 aliphatic rings. The second-order valence-corrected chi connectivity index (χ2v) is 6.34. The van der Waals surface area contributed by atoms with Crippen LogP contribution in [0.3, 0.4) is 0 Å². The van der Waals surface area contributed by atoms with Gasteiger partial charge >= 0.3 is 0 Å². The maximum Gasteiger partial charge on any atom is 0.223 e. The van der Waals surface area contributed by atoms with Crippen LogP contribution in [0, 0.1) is 0 Å². The Kier molecular flexibility index (Phi) is 5.12. The van der Waals surface area contributed by atoms with Gasteiger partial charge in [0.05, 0.1) is 6.04 Å². The molecule has 23 heavy (non-hydrogen) atoms. The summed E-state index contributed by atoms with van der Waals surface area (Å²) in [4.78, 5) is 14.3. The zero-order chi connectivity index (χ0) is 16.1. The highest BCUT2D eigenvalue weighted by Crippen LogP contribution is 2.31. The van der Waals surface area contributed by atoms with Gasteiger partial charge in [-0.15, -0.1) is 0 Å². The van der Waals surface area contributed by atoms with Crippen molar-refractivity contribution in [2.75, 3.05) is 6.54 Å². The molecule has 1 amide bonds. The summed E-state index contributed by atoms with van der Waals surface area (Å²) in [5, 5.41) is 0. The maximum absolute atomic E-state index is 12.2. The first kappa shape index (κ1) is 15.8. The molecule has 2 nitrogen and oxygen atoms in total. The highest BCUT2D eigenvalue weighted by Gasteiger charge is 2.28. The van der Waals surface area contributed by atoms with Crippen LogP contribution in [-0.2, 0) is 4.79 Å². The molecule has 1 unspecified atom stereocenters. The van der Waals surface area contributed by atoms with Gasteiger partial charge in [0.15, 0.2) is 0 Å². The molecular formula is C21H25NO. The number of rotatable bonds is 6. The van der Waals surface area contributed by atoms with Gasteiger partial charge in [0.1, 0.15) is 0 Å². The predicted molar refractivity (Wildman–Crippen MR) is 95.1 cm³/mol. The monoisotopic (exact) mass is 307 g/mol. The van der Waals surface area contributed by atoms with E-state index in [2.05, 4.69) is 60.4 Å². The van der Waals surface area contributed by atoms with E-state index in [1.54, 1.807) is 0 Å². The minimum atomic E-state index is 0.245. The molecule has 120 valence electrons. The van der Waals surface area contributed by atoms with Crippen molar-refractivity contribution in [3.63, 3.8) is 0 Å². The molecule has 1 fully saturated rings. The maximum atomic E-state index is 12.2. The number of hydrogen-bond acceptors (Lipinski definition) is 1. The molecule has 1 heterocycles. The van der Waals surface area contributed by atoms with E-state index in [0.717, 1.165) is 25.8 Å². The van der Waals surface area contributed by atoms with Gasteiger partial charge in [-0.1, -0.05) is 74.4 Å². The number of carbonyl (C=O) groups excluding carboxylic acids is 1. The third kappa shape index (κ3) is 3.64. The highest BCUT2D eigenvalue weighted by molar-refractivity contribution is 5.78. The summed E-state index contributed by atoms with van der Waals surface area (Å²) in [6, 6.07) is 19.5. The second-order valence-electron chi connectivity index (χ2n) is 6.34. The van der Waals surface area contributed by atoms with Gasteiger partial charge in [-0.3, -0.25) is 4.79 Å². The van der Waals surface area contributed by atoms with Crippen LogP contribution >= 0.6 is 0 Å². The molecule has 0 aromatic heterocycles. The molecule has 0 aliphatic carbocycles. The normalized spacial score (nSPS) is 15.9. The summed E-state index contributed by atoms with van der Waals surface area (Å²) in [6.07, 6.45) is 5.11. The fourth-order valence-electron chi connectivity index (χ4n) is 3.43. The van der Waals surface area contributed by atoms with Gasteiger partial charge in [0, 0.05) is 13.0 Å². The van der Waals surface area contributed by atoms with E-state index >= 15 is 0 Å². The van der Waals surface area contributed by atoms with Gasteiger partial charge in [-0.25, -0.2) is 0 Å². The number of benzene rings is 2. The smallest absolute Gasteiger partial charge is 0.223 e. The molecule has 2 aromatic carbocycles. The minimum Gasteiger partial charge on any atom is -0.336 e. The summed E-state index contributed by atoms with van der Waals surface area (Å²) in [5.41, 5.74) is 3.74. The molecule has 0 N–H and O–H groups in total. The zero-order valence-electron chi connectivity index (χ0n) is 13.9. The predicted octanol–water partition coefficient (Wildman–Crippen LogP) is 5.21. The van der Waals surface area contributed by atoms with Gasteiger partial charge in [0.2, 0.25) is 5.91 Å². The molecule has 2 heteroatoms. The van der Waals surface area contributed by atoms with Crippen molar-refractivity contribution in [3.05, 3.63) is 60.2 Å². The summed E-state index contributed by atoms with van der Waals surface area (Å²) in [7, 11) is 0. The Balaban J connectivity index is 1.83. The Morgan fingerprint density at radius 1 is 1.00 bits per heavy atom. The SMILES string of the molecule is CCCCC(c1ccc(-c2ccccc2)cc1)N1CCCC1=O. The van der Waals surface area contributed by atoms with Crippen LogP contribution < -0.4 is 0 Å². The molecular weight excluding hydrogens is 282 g/mol. The summed E-state index contributed by atoms with van der Waals surface area (Å²) in [5.74, 6) is 0.318. The minimum absolute atomic E-state index is 0.245. The largest absolute Gasteiger partial charge is 0.336 e. The fraction of sp³-hybridized carbons (Fsp3) is 0.381. The van der Waals surface area contributed by atoms with Crippen LogP contribution in [0.25, 0.3) is 11.1 Å². The molecule has 1 aliphatic heterocycles. The molecule has 2 aromatic rings. The number of carbonyl (C=O) groups is 1. The van der Waals surface area contributed by atoms with Gasteiger partial charge in [-0.05, 0) is 29.5 Å². The first-order valence-electron chi connectivity index (χ1n) is 8.74. The number of nitrogens with zero attached hydrogens (tertiary/aromatic N) is 1. The van der Waals surface area contributed by atoms with Crippen molar-refractivity contribution in [2.45, 2.75) is 45.1 Å². The Hall–Kier alpha value is -2.09. The molecule has 3 rings (SSSR count). The number of hydrogen-bond donors (Lipinski definition) is 0. The van der Waals surface area contributed by atoms with E-state index in [1.807, 2.05) is 6.07 Å². The van der Waals surface area contributed by atoms with Crippen LogP contribution in [0.2, 0.25) is 0 Å². The van der Waals surface area contributed by atoms with Crippen LogP contribution in [0.1, 0.15) is 50.6 Å². The summed E-state index contributed by atoms with van der Waals surface area (Å²) in [6.45, 7) is 3.12. The number of unbranched alkanes of at least 4 members (excludes halogenated alkanes) is 1. The molecule has 0 bridgehead atoms. The molecule has 0 saturated carbocycles. The molecule has 1 saturated heterocycles. The van der Waals surface area contributed by atoms with Gasteiger partial charge in [0.25, 0.3) is 0 Å². The van der Waals surface area contributed by atoms with Crippen LogP contribution in [-0.4, -0.2) is 17.4 Å². The number of amides is 1. The zero-order valence-corrected chi connectivity index (χ0v) is 13.9. The van der Waals surface area contributed by atoms with Crippen molar-refractivity contribution in [2.24, 2.45) is 0 Å². The Labute approximate surface area is 139 Å². The van der Waals surface area contributed by atoms with Crippen LogP contribution in [0.15, 0.2) is 54.6 Å². The third-order valence-corrected chi connectivity index (χ3v) is 4.72. The van der Waals surface area contributed by atoms with Crippen molar-refractivity contribution in [1.29, 1.82) is 0 Å². The quantitative estimate of drug-likeness (QED) is 0.717. The number of likely N-dealkylation sites (tertiary alicyclic amines) is 1. The fourth-order valence-corrected chi connectivity index (χ4v) is 3.43. The summed E-state index contributed by atoms with van der Waals surface area (Å²) >= 11 is 0. The standard InChI is InChI=1S/C21H25NO/c1-2-3-10-20(22-16-7-11-21(22)23)19-14-12-18(13-15-19)17-8-5-4-6-9-17/h4-6,8-9,12-15,20H,2-3,7,10-11,16H2,1H3. The lowest BCUT2D eigenvalue weighted by atomic mass is 9.97. The van der Waals surface area contributed by atoms with Crippen molar-refractivity contribution < 1.29 is 4.79 Å². The van der Waals surface area contributed by atoms with E-state index < -0.39 is 0 Å². The lowest BCUT2D eigenvalue weighted by molar-refractivity contribution is -0.130. The van der Waals surface area contributed by atoms with Crippen LogP contribution in [0.4, 0.5) is 0 Å². The van der Waals surface area contributed by atoms with E-state index in [9.17, 15) is 4.79 Å². The average Bonchev–Trinajstić information content (AvgIpc) is 3.03. The van der Waals surface area contributed by atoms with E-state index in [0.29, 0.717) is 12.3 Å². The van der Waals surface area contributed by atoms with Gasteiger partial charge < -0.3 is 4.90 Å². The van der Waals surface area contributed by atoms with E-state index in [-0.39, 0.29) is 6.04 Å². The van der Waals surface area contributed by atoms with Crippen molar-refractivity contribution in [1.82, 2.24) is 4.90 Å². The van der Waals surface area contributed by atoms with Crippen molar-refractivity contribution >= 4 is 5.91 Å². The topological polar surface area (TPSA) is 20.3 Å². The third-order valence-electron chi connectivity index (χ3n) is 4.72. The molecule has 1 atom stereocenters. The van der Waals surface area contributed by atoms with E-state index in [1.165, 1.54) is 23.1 Å². The first-order chi connectivity index (χ1) is 11.3. The lowest BCUT2D eigenvalue weighted by Crippen LogP contribution is -2.29. The highest BCUT2D eigenvalue weighted by atomic mass is 16.2. The molecule has 0 radical (unpaired) electrons. The van der Waals surface area contributed by atoms with E-state index in [4.69, 9.17) is 0 Å². The average molecular weight is 307 g/mol. The summed E-state index contributed by atoms with van der Waals surface area (Å²) < 4.78 is 0. The Morgan fingerprint density at radius 3 is 2.30 bits per heavy atom. The Morgan fingerprint density at radius 2 is 1.70 bits per heavy atom. The lowest BCUT2D eigenvalue weighted by Gasteiger charge is -2.28. The van der Waals surface area contributed by atoms with Gasteiger partial charge in [-0.2, -0.15) is 0 Å². The first-order valence-corrected chi connectivity index (χ1v) is 8.74. The Bertz CT molecular complexity index is 633. The van der Waals surface area contributed by atoms with Crippen LogP contribution in [0.5, 0.6) is 0 Å². The molecule has 0 spiro atoms. The second kappa shape index (κ2) is 7.45.